The van der Waals surface area contributed by atoms with Gasteiger partial charge in [0.25, 0.3) is 0 Å². The number of aliphatic hydroxyl groups excluding tert-OH is 1. The molecule has 0 fully saturated rings. The lowest BCUT2D eigenvalue weighted by Gasteiger charge is -2.08. The fraction of sp³-hybridized carbons (Fsp3) is 0.333. The van der Waals surface area contributed by atoms with Crippen LogP contribution in [0.5, 0.6) is 5.75 Å². The van der Waals surface area contributed by atoms with Crippen LogP contribution in [0.15, 0.2) is 24.3 Å². The minimum Gasteiger partial charge on any atom is -0.508 e. The Hall–Kier alpha value is -2.08. The normalized spacial score (nSPS) is 11.8. The molecule has 1 atom stereocenters. The van der Waals surface area contributed by atoms with E-state index in [0.717, 1.165) is 0 Å². The van der Waals surface area contributed by atoms with Gasteiger partial charge in [0.1, 0.15) is 11.9 Å². The first-order chi connectivity index (χ1) is 8.50. The van der Waals surface area contributed by atoms with E-state index >= 15 is 0 Å². The third kappa shape index (κ3) is 4.42. The van der Waals surface area contributed by atoms with Gasteiger partial charge in [-0.2, -0.15) is 0 Å². The molecule has 2 amide bonds. The molecule has 0 aliphatic rings. The second-order valence-corrected chi connectivity index (χ2v) is 3.85. The van der Waals surface area contributed by atoms with E-state index in [1.54, 1.807) is 24.3 Å². The maximum Gasteiger partial charge on any atom is 0.248 e. The van der Waals surface area contributed by atoms with Gasteiger partial charge >= 0.3 is 0 Å². The standard InChI is InChI=1S/C12H16N2O4/c13-12(18)10(16)7-14-11(17)6-5-8-3-1-2-4-9(8)15/h1-4,10,15-16H,5-7H2,(H2,13,18)(H,14,17). The van der Waals surface area contributed by atoms with Gasteiger partial charge in [-0.1, -0.05) is 18.2 Å². The highest BCUT2D eigenvalue weighted by molar-refractivity contribution is 5.81. The Morgan fingerprint density at radius 1 is 1.33 bits per heavy atom. The van der Waals surface area contributed by atoms with Gasteiger partial charge in [-0.15, -0.1) is 0 Å². The Kier molecular flexibility index (Phi) is 5.13. The minimum atomic E-state index is -1.38. The monoisotopic (exact) mass is 252 g/mol. The summed E-state index contributed by atoms with van der Waals surface area (Å²) in [7, 11) is 0. The Balaban J connectivity index is 2.34. The van der Waals surface area contributed by atoms with Gasteiger partial charge in [-0.25, -0.2) is 0 Å². The molecule has 98 valence electrons. The molecule has 0 heterocycles. The van der Waals surface area contributed by atoms with E-state index in [4.69, 9.17) is 10.8 Å². The summed E-state index contributed by atoms with van der Waals surface area (Å²) in [5.41, 5.74) is 5.50. The van der Waals surface area contributed by atoms with Crippen LogP contribution >= 0.6 is 0 Å². The molecule has 0 bridgehead atoms. The highest BCUT2D eigenvalue weighted by Crippen LogP contribution is 2.16. The number of aryl methyl sites for hydroxylation is 1. The van der Waals surface area contributed by atoms with Crippen LogP contribution in [0.3, 0.4) is 0 Å². The van der Waals surface area contributed by atoms with Crippen molar-refractivity contribution in [3.63, 3.8) is 0 Å². The van der Waals surface area contributed by atoms with Gasteiger partial charge in [0.2, 0.25) is 11.8 Å². The van der Waals surface area contributed by atoms with E-state index in [2.05, 4.69) is 5.32 Å². The maximum absolute atomic E-state index is 11.4. The summed E-state index contributed by atoms with van der Waals surface area (Å²) < 4.78 is 0. The molecule has 1 unspecified atom stereocenters. The van der Waals surface area contributed by atoms with Crippen molar-refractivity contribution < 1.29 is 19.8 Å². The number of nitrogens with two attached hydrogens (primary N) is 1. The fourth-order valence-electron chi connectivity index (χ4n) is 1.37. The largest absolute Gasteiger partial charge is 0.508 e. The fourth-order valence-corrected chi connectivity index (χ4v) is 1.37. The molecule has 6 nitrogen and oxygen atoms in total. The number of benzene rings is 1. The molecule has 0 saturated heterocycles. The van der Waals surface area contributed by atoms with Gasteiger partial charge in [-0.05, 0) is 18.1 Å². The van der Waals surface area contributed by atoms with Crippen molar-refractivity contribution in [3.8, 4) is 5.75 Å². The number of aliphatic hydroxyl groups is 1. The smallest absolute Gasteiger partial charge is 0.248 e. The zero-order valence-corrected chi connectivity index (χ0v) is 9.80. The molecule has 1 aromatic rings. The molecule has 0 spiro atoms. The number of phenols is 1. The van der Waals surface area contributed by atoms with Crippen molar-refractivity contribution in [2.75, 3.05) is 6.54 Å². The molecule has 18 heavy (non-hydrogen) atoms. The summed E-state index contributed by atoms with van der Waals surface area (Å²) in [6, 6.07) is 6.73. The zero-order chi connectivity index (χ0) is 13.5. The van der Waals surface area contributed by atoms with E-state index < -0.39 is 12.0 Å². The zero-order valence-electron chi connectivity index (χ0n) is 9.80. The summed E-state index contributed by atoms with van der Waals surface area (Å²) in [6.45, 7) is -0.199. The molecule has 6 heteroatoms. The van der Waals surface area contributed by atoms with E-state index in [-0.39, 0.29) is 24.6 Å². The van der Waals surface area contributed by atoms with Crippen LogP contribution in [0.1, 0.15) is 12.0 Å². The second-order valence-electron chi connectivity index (χ2n) is 3.85. The lowest BCUT2D eigenvalue weighted by Crippen LogP contribution is -2.40. The van der Waals surface area contributed by atoms with Crippen molar-refractivity contribution in [2.24, 2.45) is 5.73 Å². The van der Waals surface area contributed by atoms with Crippen LogP contribution in [-0.4, -0.2) is 34.7 Å². The number of hydrogen-bond acceptors (Lipinski definition) is 4. The van der Waals surface area contributed by atoms with Gasteiger partial charge in [0.05, 0.1) is 6.54 Å². The van der Waals surface area contributed by atoms with E-state index in [1.165, 1.54) is 0 Å². The lowest BCUT2D eigenvalue weighted by molar-refractivity contribution is -0.127. The number of primary amides is 1. The number of carbonyl (C=O) groups is 2. The first-order valence-electron chi connectivity index (χ1n) is 5.51. The van der Waals surface area contributed by atoms with Crippen molar-refractivity contribution in [1.29, 1.82) is 0 Å². The summed E-state index contributed by atoms with van der Waals surface area (Å²) in [5.74, 6) is -1.06. The summed E-state index contributed by atoms with van der Waals surface area (Å²) in [4.78, 5) is 21.9. The molecule has 0 aliphatic heterocycles. The lowest BCUT2D eigenvalue weighted by atomic mass is 10.1. The van der Waals surface area contributed by atoms with E-state index in [9.17, 15) is 14.7 Å². The first kappa shape index (κ1) is 14.0. The van der Waals surface area contributed by atoms with Crippen LogP contribution in [0.25, 0.3) is 0 Å². The van der Waals surface area contributed by atoms with Crippen LogP contribution in [-0.2, 0) is 16.0 Å². The van der Waals surface area contributed by atoms with E-state index in [1.807, 2.05) is 0 Å². The maximum atomic E-state index is 11.4. The average Bonchev–Trinajstić information content (AvgIpc) is 2.34. The predicted molar refractivity (Wildman–Crippen MR) is 64.6 cm³/mol. The van der Waals surface area contributed by atoms with Gasteiger partial charge in [-0.3, -0.25) is 9.59 Å². The topological polar surface area (TPSA) is 113 Å². The Labute approximate surface area is 104 Å². The van der Waals surface area contributed by atoms with Crippen LogP contribution in [0.4, 0.5) is 0 Å². The minimum absolute atomic E-state index is 0.141. The van der Waals surface area contributed by atoms with Crippen molar-refractivity contribution in [2.45, 2.75) is 18.9 Å². The predicted octanol–water partition coefficient (Wildman–Crippen LogP) is -0.713. The molecular weight excluding hydrogens is 236 g/mol. The van der Waals surface area contributed by atoms with Gasteiger partial charge in [0, 0.05) is 6.42 Å². The highest BCUT2D eigenvalue weighted by Gasteiger charge is 2.12. The molecule has 5 N–H and O–H groups in total. The van der Waals surface area contributed by atoms with Gasteiger partial charge < -0.3 is 21.3 Å². The molecule has 1 rings (SSSR count). The molecular formula is C12H16N2O4. The number of carbonyl (C=O) groups excluding carboxylic acids is 2. The summed E-state index contributed by atoms with van der Waals surface area (Å²) in [5, 5.41) is 20.9. The molecule has 1 aromatic carbocycles. The molecule has 0 saturated carbocycles. The van der Waals surface area contributed by atoms with Crippen LogP contribution in [0, 0.1) is 0 Å². The average molecular weight is 252 g/mol. The van der Waals surface area contributed by atoms with Crippen molar-refractivity contribution >= 4 is 11.8 Å². The SMILES string of the molecule is NC(=O)C(O)CNC(=O)CCc1ccccc1O. The molecule has 0 aromatic heterocycles. The Bertz CT molecular complexity index is 434. The van der Waals surface area contributed by atoms with Crippen molar-refractivity contribution in [3.05, 3.63) is 29.8 Å². The van der Waals surface area contributed by atoms with Crippen LogP contribution in [0.2, 0.25) is 0 Å². The van der Waals surface area contributed by atoms with Crippen LogP contribution < -0.4 is 11.1 Å². The number of rotatable bonds is 6. The van der Waals surface area contributed by atoms with Gasteiger partial charge in [0.15, 0.2) is 0 Å². The third-order valence-corrected chi connectivity index (χ3v) is 2.43. The Morgan fingerprint density at radius 2 is 2.00 bits per heavy atom. The number of amides is 2. The number of para-hydroxylation sites is 1. The summed E-state index contributed by atoms with van der Waals surface area (Å²) >= 11 is 0. The van der Waals surface area contributed by atoms with E-state index in [0.29, 0.717) is 12.0 Å². The van der Waals surface area contributed by atoms with Crippen molar-refractivity contribution in [1.82, 2.24) is 5.32 Å². The quantitative estimate of drug-likeness (QED) is 0.535. The first-order valence-corrected chi connectivity index (χ1v) is 5.51. The number of nitrogens with one attached hydrogen (secondary N) is 1. The summed E-state index contributed by atoms with van der Waals surface area (Å²) in [6.07, 6.45) is -0.840. The third-order valence-electron chi connectivity index (χ3n) is 2.43. The second kappa shape index (κ2) is 6.61. The highest BCUT2D eigenvalue weighted by atomic mass is 16.3. The Morgan fingerprint density at radius 3 is 2.61 bits per heavy atom. The molecule has 0 aliphatic carbocycles. The number of hydrogen-bond donors (Lipinski definition) is 4. The molecule has 0 radical (unpaired) electrons. The number of aromatic hydroxyl groups is 1. The number of phenolic OH excluding ortho intramolecular Hbond substituents is 1.